The summed E-state index contributed by atoms with van der Waals surface area (Å²) in [7, 11) is 1.66. The van der Waals surface area contributed by atoms with Crippen molar-refractivity contribution in [2.45, 2.75) is 33.1 Å². The number of ether oxygens (including phenoxy) is 1. The van der Waals surface area contributed by atoms with E-state index in [1.54, 1.807) is 7.11 Å². The lowest BCUT2D eigenvalue weighted by Gasteiger charge is -2.17. The van der Waals surface area contributed by atoms with Crippen LogP contribution in [0.3, 0.4) is 0 Å². The van der Waals surface area contributed by atoms with Crippen molar-refractivity contribution in [2.24, 2.45) is 5.92 Å². The van der Waals surface area contributed by atoms with Crippen LogP contribution in [0.4, 0.5) is 0 Å². The van der Waals surface area contributed by atoms with E-state index in [2.05, 4.69) is 19.9 Å². The Balaban J connectivity index is 3.07. The molecule has 0 spiro atoms. The molecule has 86 valence electrons. The van der Waals surface area contributed by atoms with Gasteiger partial charge in [0.1, 0.15) is 5.75 Å². The van der Waals surface area contributed by atoms with Gasteiger partial charge in [-0.1, -0.05) is 32.4 Å². The zero-order chi connectivity index (χ0) is 12.1. The van der Waals surface area contributed by atoms with E-state index in [0.717, 1.165) is 23.3 Å². The van der Waals surface area contributed by atoms with Crippen LogP contribution in [0.2, 0.25) is 0 Å². The molecule has 0 amide bonds. The van der Waals surface area contributed by atoms with Gasteiger partial charge in [0, 0.05) is 0 Å². The van der Waals surface area contributed by atoms with E-state index in [9.17, 15) is 5.26 Å². The first-order valence-electron chi connectivity index (χ1n) is 5.68. The van der Waals surface area contributed by atoms with E-state index < -0.39 is 0 Å². The Labute approximate surface area is 97.9 Å². The first kappa shape index (κ1) is 12.6. The largest absolute Gasteiger partial charge is 0.496 e. The van der Waals surface area contributed by atoms with E-state index >= 15 is 0 Å². The van der Waals surface area contributed by atoms with E-state index in [-0.39, 0.29) is 5.92 Å². The number of benzene rings is 1. The third kappa shape index (κ3) is 2.55. The van der Waals surface area contributed by atoms with Crippen LogP contribution in [-0.2, 0) is 0 Å². The number of methoxy groups -OCH3 is 1. The van der Waals surface area contributed by atoms with Crippen molar-refractivity contribution in [3.05, 3.63) is 29.3 Å². The topological polar surface area (TPSA) is 33.0 Å². The average molecular weight is 217 g/mol. The van der Waals surface area contributed by atoms with Crippen LogP contribution in [0.1, 0.15) is 37.3 Å². The van der Waals surface area contributed by atoms with Gasteiger partial charge in [-0.25, -0.2) is 0 Å². The Morgan fingerprint density at radius 3 is 2.62 bits per heavy atom. The molecule has 1 aromatic rings. The highest BCUT2D eigenvalue weighted by Gasteiger charge is 2.18. The van der Waals surface area contributed by atoms with Crippen molar-refractivity contribution >= 4 is 0 Å². The Morgan fingerprint density at radius 1 is 1.44 bits per heavy atom. The van der Waals surface area contributed by atoms with E-state index in [4.69, 9.17) is 4.74 Å². The Bertz CT molecular complexity index is 392. The lowest BCUT2D eigenvalue weighted by atomic mass is 9.86. The molecule has 0 heterocycles. The summed E-state index contributed by atoms with van der Waals surface area (Å²) in [5.41, 5.74) is 2.16. The number of hydrogen-bond donors (Lipinski definition) is 0. The summed E-state index contributed by atoms with van der Waals surface area (Å²) in [6, 6.07) is 8.41. The molecule has 0 aliphatic rings. The molecule has 1 rings (SSSR count). The number of rotatable bonds is 4. The van der Waals surface area contributed by atoms with Gasteiger partial charge in [0.2, 0.25) is 0 Å². The van der Waals surface area contributed by atoms with Gasteiger partial charge in [-0.2, -0.15) is 5.26 Å². The number of hydrogen-bond acceptors (Lipinski definition) is 2. The van der Waals surface area contributed by atoms with Crippen molar-refractivity contribution in [1.29, 1.82) is 5.26 Å². The fourth-order valence-corrected chi connectivity index (χ4v) is 1.80. The lowest BCUT2D eigenvalue weighted by molar-refractivity contribution is 0.410. The maximum absolute atomic E-state index is 9.22. The Morgan fingerprint density at radius 2 is 2.12 bits per heavy atom. The summed E-state index contributed by atoms with van der Waals surface area (Å²) < 4.78 is 5.28. The molecule has 0 N–H and O–H groups in total. The highest BCUT2D eigenvalue weighted by atomic mass is 16.5. The molecule has 2 heteroatoms. The molecule has 2 atom stereocenters. The minimum Gasteiger partial charge on any atom is -0.496 e. The van der Waals surface area contributed by atoms with Gasteiger partial charge in [0.15, 0.2) is 0 Å². The van der Waals surface area contributed by atoms with Crippen molar-refractivity contribution < 1.29 is 4.74 Å². The fourth-order valence-electron chi connectivity index (χ4n) is 1.80. The van der Waals surface area contributed by atoms with Crippen LogP contribution in [0.5, 0.6) is 5.75 Å². The molecule has 0 aliphatic heterocycles. The first-order valence-corrected chi connectivity index (χ1v) is 5.68. The molecule has 0 saturated heterocycles. The van der Waals surface area contributed by atoms with E-state index in [1.807, 2.05) is 25.1 Å². The molecule has 16 heavy (non-hydrogen) atoms. The Hall–Kier alpha value is -1.49. The molecular weight excluding hydrogens is 198 g/mol. The van der Waals surface area contributed by atoms with Crippen molar-refractivity contribution in [3.8, 4) is 11.8 Å². The zero-order valence-corrected chi connectivity index (χ0v) is 10.4. The predicted molar refractivity (Wildman–Crippen MR) is 65.5 cm³/mol. The highest BCUT2D eigenvalue weighted by molar-refractivity contribution is 5.39. The molecule has 2 nitrogen and oxygen atoms in total. The van der Waals surface area contributed by atoms with Gasteiger partial charge >= 0.3 is 0 Å². The van der Waals surface area contributed by atoms with E-state index in [0.29, 0.717) is 5.92 Å². The van der Waals surface area contributed by atoms with E-state index in [1.165, 1.54) is 0 Å². The molecule has 0 aliphatic carbocycles. The second-order valence-corrected chi connectivity index (χ2v) is 4.22. The third-order valence-electron chi connectivity index (χ3n) is 3.14. The molecule has 0 bridgehead atoms. The molecule has 0 fully saturated rings. The maximum Gasteiger partial charge on any atom is 0.122 e. The fraction of sp³-hybridized carbons (Fsp3) is 0.500. The second kappa shape index (κ2) is 5.55. The zero-order valence-electron chi connectivity index (χ0n) is 10.4. The van der Waals surface area contributed by atoms with Crippen LogP contribution in [0.15, 0.2) is 18.2 Å². The molecule has 0 saturated carbocycles. The summed E-state index contributed by atoms with van der Waals surface area (Å²) in [6.07, 6.45) is 1.01. The predicted octanol–water partition coefficient (Wildman–Crippen LogP) is 3.66. The standard InChI is InChI=1S/C14H19NO/c1-5-10(2)13(9-15)12-7-6-11(3)14(8-12)16-4/h6-8,10,13H,5H2,1-4H3. The van der Waals surface area contributed by atoms with Crippen molar-refractivity contribution in [3.63, 3.8) is 0 Å². The highest BCUT2D eigenvalue weighted by Crippen LogP contribution is 2.30. The SMILES string of the molecule is CCC(C)C(C#N)c1ccc(C)c(OC)c1. The summed E-state index contributed by atoms with van der Waals surface area (Å²) in [6.45, 7) is 6.23. The van der Waals surface area contributed by atoms with Gasteiger partial charge in [0.25, 0.3) is 0 Å². The summed E-state index contributed by atoms with van der Waals surface area (Å²) in [4.78, 5) is 0. The first-order chi connectivity index (χ1) is 7.63. The molecule has 0 aromatic heterocycles. The van der Waals surface area contributed by atoms with Crippen LogP contribution in [0, 0.1) is 24.2 Å². The van der Waals surface area contributed by atoms with Gasteiger partial charge in [-0.15, -0.1) is 0 Å². The third-order valence-corrected chi connectivity index (χ3v) is 3.14. The summed E-state index contributed by atoms with van der Waals surface area (Å²) in [5, 5.41) is 9.22. The second-order valence-electron chi connectivity index (χ2n) is 4.22. The number of nitriles is 1. The van der Waals surface area contributed by atoms with Crippen LogP contribution >= 0.6 is 0 Å². The Kier molecular flexibility index (Phi) is 4.37. The minimum absolute atomic E-state index is 0.0421. The number of aryl methyl sites for hydroxylation is 1. The molecular formula is C14H19NO. The quantitative estimate of drug-likeness (QED) is 0.771. The minimum atomic E-state index is -0.0421. The summed E-state index contributed by atoms with van der Waals surface area (Å²) >= 11 is 0. The molecule has 0 radical (unpaired) electrons. The van der Waals surface area contributed by atoms with Crippen LogP contribution in [-0.4, -0.2) is 7.11 Å². The average Bonchev–Trinajstić information content (AvgIpc) is 2.31. The monoisotopic (exact) mass is 217 g/mol. The van der Waals surface area contributed by atoms with Crippen LogP contribution in [0.25, 0.3) is 0 Å². The lowest BCUT2D eigenvalue weighted by Crippen LogP contribution is -2.07. The van der Waals surface area contributed by atoms with Crippen LogP contribution < -0.4 is 4.74 Å². The smallest absolute Gasteiger partial charge is 0.122 e. The van der Waals surface area contributed by atoms with Crippen molar-refractivity contribution in [1.82, 2.24) is 0 Å². The van der Waals surface area contributed by atoms with Gasteiger partial charge in [-0.3, -0.25) is 0 Å². The van der Waals surface area contributed by atoms with Gasteiger partial charge in [-0.05, 0) is 30.0 Å². The van der Waals surface area contributed by atoms with Gasteiger partial charge < -0.3 is 4.74 Å². The molecule has 2 unspecified atom stereocenters. The van der Waals surface area contributed by atoms with Gasteiger partial charge in [0.05, 0.1) is 19.1 Å². The normalized spacial score (nSPS) is 13.9. The number of nitrogens with zero attached hydrogens (tertiary/aromatic N) is 1. The summed E-state index contributed by atoms with van der Waals surface area (Å²) in [5.74, 6) is 1.19. The van der Waals surface area contributed by atoms with Crippen molar-refractivity contribution in [2.75, 3.05) is 7.11 Å². The molecule has 1 aromatic carbocycles. The maximum atomic E-state index is 9.22.